The van der Waals surface area contributed by atoms with Gasteiger partial charge in [0.25, 0.3) is 11.6 Å². The van der Waals surface area contributed by atoms with Crippen molar-refractivity contribution in [1.29, 1.82) is 0 Å². The molecule has 0 aromatic heterocycles. The van der Waals surface area contributed by atoms with Gasteiger partial charge < -0.3 is 5.32 Å². The summed E-state index contributed by atoms with van der Waals surface area (Å²) in [4.78, 5) is 22.3. The molecule has 0 radical (unpaired) electrons. The molecule has 0 bridgehead atoms. The van der Waals surface area contributed by atoms with Gasteiger partial charge in [-0.1, -0.05) is 33.6 Å². The first-order chi connectivity index (χ1) is 9.88. The van der Waals surface area contributed by atoms with E-state index >= 15 is 0 Å². The summed E-state index contributed by atoms with van der Waals surface area (Å²) in [7, 11) is 0. The fraction of sp³-hybridized carbons (Fsp3) is 0.0714. The molecule has 0 aliphatic carbocycles. The van der Waals surface area contributed by atoms with Crippen LogP contribution in [0.25, 0.3) is 0 Å². The van der Waals surface area contributed by atoms with Crippen LogP contribution >= 0.6 is 27.5 Å². The van der Waals surface area contributed by atoms with Crippen LogP contribution in [-0.4, -0.2) is 10.8 Å². The van der Waals surface area contributed by atoms with E-state index in [-0.39, 0.29) is 16.4 Å². The van der Waals surface area contributed by atoms with Gasteiger partial charge >= 0.3 is 0 Å². The molecule has 21 heavy (non-hydrogen) atoms. The quantitative estimate of drug-likeness (QED) is 0.636. The Bertz CT molecular complexity index is 734. The van der Waals surface area contributed by atoms with E-state index in [9.17, 15) is 14.9 Å². The lowest BCUT2D eigenvalue weighted by atomic mass is 10.1. The topological polar surface area (TPSA) is 72.2 Å². The lowest BCUT2D eigenvalue weighted by Gasteiger charge is -2.08. The number of amides is 1. The zero-order valence-corrected chi connectivity index (χ0v) is 13.2. The van der Waals surface area contributed by atoms with Gasteiger partial charge in [0, 0.05) is 22.2 Å². The highest BCUT2D eigenvalue weighted by Crippen LogP contribution is 2.27. The highest BCUT2D eigenvalue weighted by atomic mass is 79.9. The van der Waals surface area contributed by atoms with Crippen molar-refractivity contribution in [3.63, 3.8) is 0 Å². The van der Waals surface area contributed by atoms with Crippen LogP contribution in [0.1, 0.15) is 15.9 Å². The van der Waals surface area contributed by atoms with E-state index in [1.807, 2.05) is 6.92 Å². The van der Waals surface area contributed by atoms with Crippen molar-refractivity contribution in [3.8, 4) is 0 Å². The maximum Gasteiger partial charge on any atom is 0.271 e. The van der Waals surface area contributed by atoms with E-state index in [0.29, 0.717) is 5.56 Å². The van der Waals surface area contributed by atoms with Crippen LogP contribution in [0.5, 0.6) is 0 Å². The van der Waals surface area contributed by atoms with E-state index in [1.165, 1.54) is 18.2 Å². The maximum absolute atomic E-state index is 12.2. The van der Waals surface area contributed by atoms with Crippen molar-refractivity contribution in [1.82, 2.24) is 0 Å². The van der Waals surface area contributed by atoms with Gasteiger partial charge in [0.2, 0.25) is 0 Å². The predicted molar refractivity (Wildman–Crippen MR) is 84.9 cm³/mol. The predicted octanol–water partition coefficient (Wildman–Crippen LogP) is 4.57. The van der Waals surface area contributed by atoms with Crippen LogP contribution < -0.4 is 5.32 Å². The number of halogens is 2. The van der Waals surface area contributed by atoms with Gasteiger partial charge in [-0.25, -0.2) is 0 Å². The molecule has 1 N–H and O–H groups in total. The minimum Gasteiger partial charge on any atom is -0.320 e. The molecule has 2 aromatic rings. The number of nitro groups is 1. The van der Waals surface area contributed by atoms with E-state index in [4.69, 9.17) is 11.6 Å². The second-order valence-electron chi connectivity index (χ2n) is 4.34. The summed E-state index contributed by atoms with van der Waals surface area (Å²) < 4.78 is 0.806. The lowest BCUT2D eigenvalue weighted by molar-refractivity contribution is -0.384. The Kier molecular flexibility index (Phi) is 4.59. The van der Waals surface area contributed by atoms with E-state index in [0.717, 1.165) is 10.0 Å². The largest absolute Gasteiger partial charge is 0.320 e. The highest BCUT2D eigenvalue weighted by Gasteiger charge is 2.13. The molecule has 7 heteroatoms. The Labute approximate surface area is 134 Å². The summed E-state index contributed by atoms with van der Waals surface area (Å²) in [6, 6.07) is 9.02. The number of nitrogens with zero attached hydrogens (tertiary/aromatic N) is 1. The van der Waals surface area contributed by atoms with Gasteiger partial charge in [-0.05, 0) is 30.7 Å². The fourth-order valence-corrected chi connectivity index (χ4v) is 2.19. The second-order valence-corrected chi connectivity index (χ2v) is 5.60. The fourth-order valence-electron chi connectivity index (χ4n) is 1.65. The number of non-ortho nitro benzene ring substituents is 1. The van der Waals surface area contributed by atoms with Crippen LogP contribution in [0.3, 0.4) is 0 Å². The molecule has 0 heterocycles. The molecule has 0 aliphatic rings. The Morgan fingerprint density at radius 1 is 1.29 bits per heavy atom. The molecule has 0 unspecified atom stereocenters. The van der Waals surface area contributed by atoms with Crippen LogP contribution in [0.15, 0.2) is 40.9 Å². The van der Waals surface area contributed by atoms with Gasteiger partial charge in [-0.2, -0.15) is 0 Å². The highest BCUT2D eigenvalue weighted by molar-refractivity contribution is 9.10. The Balaban J connectivity index is 2.28. The van der Waals surface area contributed by atoms with Gasteiger partial charge in [0.1, 0.15) is 0 Å². The molecule has 108 valence electrons. The van der Waals surface area contributed by atoms with E-state index < -0.39 is 10.8 Å². The summed E-state index contributed by atoms with van der Waals surface area (Å²) in [6.45, 7) is 1.91. The Morgan fingerprint density at radius 3 is 2.62 bits per heavy atom. The van der Waals surface area contributed by atoms with Crippen LogP contribution in [0, 0.1) is 17.0 Å². The molecular formula is C14H10BrClN2O3. The van der Waals surface area contributed by atoms with E-state index in [1.54, 1.807) is 18.2 Å². The lowest BCUT2D eigenvalue weighted by Crippen LogP contribution is -2.12. The number of aryl methyl sites for hydroxylation is 1. The molecule has 0 saturated carbocycles. The average molecular weight is 370 g/mol. The monoisotopic (exact) mass is 368 g/mol. The number of carbonyl (C=O) groups is 1. The molecule has 2 rings (SSSR count). The minimum absolute atomic E-state index is 0.139. The first kappa shape index (κ1) is 15.5. The zero-order valence-electron chi connectivity index (χ0n) is 10.9. The molecule has 0 spiro atoms. The average Bonchev–Trinajstić information content (AvgIpc) is 2.43. The third-order valence-corrected chi connectivity index (χ3v) is 4.03. The van der Waals surface area contributed by atoms with Crippen LogP contribution in [0.4, 0.5) is 11.4 Å². The van der Waals surface area contributed by atoms with Crippen molar-refractivity contribution in [2.45, 2.75) is 6.92 Å². The number of benzene rings is 2. The first-order valence-corrected chi connectivity index (χ1v) is 7.07. The van der Waals surface area contributed by atoms with Crippen molar-refractivity contribution < 1.29 is 9.72 Å². The smallest absolute Gasteiger partial charge is 0.271 e. The standard InChI is InChI=1S/C14H10BrClN2O3/c1-8-2-3-9(6-11(8)15)14(19)17-13-7-10(18(20)21)4-5-12(13)16/h2-7H,1H3,(H,17,19). The van der Waals surface area contributed by atoms with Gasteiger partial charge in [0.15, 0.2) is 0 Å². The molecule has 2 aromatic carbocycles. The number of hydrogen-bond acceptors (Lipinski definition) is 3. The number of anilines is 1. The summed E-state index contributed by atoms with van der Waals surface area (Å²) in [6.07, 6.45) is 0. The SMILES string of the molecule is Cc1ccc(C(=O)Nc2cc([N+](=O)[O-])ccc2Cl)cc1Br. The number of nitro benzene ring substituents is 1. The van der Waals surface area contributed by atoms with Crippen LogP contribution in [0.2, 0.25) is 5.02 Å². The summed E-state index contributed by atoms with van der Waals surface area (Å²) in [5.74, 6) is -0.391. The van der Waals surface area contributed by atoms with Gasteiger partial charge in [-0.3, -0.25) is 14.9 Å². The number of nitrogens with one attached hydrogen (secondary N) is 1. The first-order valence-electron chi connectivity index (χ1n) is 5.90. The molecular weight excluding hydrogens is 360 g/mol. The summed E-state index contributed by atoms with van der Waals surface area (Å²) in [5, 5.41) is 13.6. The number of rotatable bonds is 3. The molecule has 0 atom stereocenters. The zero-order chi connectivity index (χ0) is 15.6. The molecule has 0 fully saturated rings. The summed E-state index contributed by atoms with van der Waals surface area (Å²) >= 11 is 9.29. The van der Waals surface area contributed by atoms with Gasteiger partial charge in [0.05, 0.1) is 15.6 Å². The van der Waals surface area contributed by atoms with E-state index in [2.05, 4.69) is 21.2 Å². The summed E-state index contributed by atoms with van der Waals surface area (Å²) in [5.41, 5.74) is 1.49. The maximum atomic E-state index is 12.2. The van der Waals surface area contributed by atoms with Crippen molar-refractivity contribution in [2.75, 3.05) is 5.32 Å². The Hall–Kier alpha value is -1.92. The Morgan fingerprint density at radius 2 is 2.00 bits per heavy atom. The molecule has 1 amide bonds. The van der Waals surface area contributed by atoms with Crippen molar-refractivity contribution in [3.05, 3.63) is 67.1 Å². The number of hydrogen-bond donors (Lipinski definition) is 1. The van der Waals surface area contributed by atoms with Crippen molar-refractivity contribution in [2.24, 2.45) is 0 Å². The minimum atomic E-state index is -0.547. The molecule has 0 aliphatic heterocycles. The van der Waals surface area contributed by atoms with Crippen molar-refractivity contribution >= 4 is 44.8 Å². The van der Waals surface area contributed by atoms with Gasteiger partial charge in [-0.15, -0.1) is 0 Å². The normalized spacial score (nSPS) is 10.2. The number of carbonyl (C=O) groups excluding carboxylic acids is 1. The molecule has 5 nitrogen and oxygen atoms in total. The van der Waals surface area contributed by atoms with Crippen LogP contribution in [-0.2, 0) is 0 Å². The second kappa shape index (κ2) is 6.24. The third kappa shape index (κ3) is 3.59. The third-order valence-electron chi connectivity index (χ3n) is 2.84. The molecule has 0 saturated heterocycles.